The summed E-state index contributed by atoms with van der Waals surface area (Å²) in [6, 6.07) is 13.8. The lowest BCUT2D eigenvalue weighted by molar-refractivity contribution is -0.157. The maximum atomic E-state index is 12.6. The van der Waals surface area contributed by atoms with Crippen molar-refractivity contribution in [1.29, 1.82) is 0 Å². The molecule has 168 valence electrons. The van der Waals surface area contributed by atoms with Crippen LogP contribution in [0.4, 0.5) is 0 Å². The SMILES string of the molecule is COC(=O)C(Cc1ccc(OC(N)=S(C)C)cc1)C(Cc1cccc(O)c1)C(=O)OC. The van der Waals surface area contributed by atoms with Gasteiger partial charge in [0.25, 0.3) is 0 Å². The zero-order valence-electron chi connectivity index (χ0n) is 18.2. The summed E-state index contributed by atoms with van der Waals surface area (Å²) in [7, 11) is 2.40. The van der Waals surface area contributed by atoms with Crippen LogP contribution in [0.3, 0.4) is 0 Å². The van der Waals surface area contributed by atoms with E-state index in [0.29, 0.717) is 16.5 Å². The minimum absolute atomic E-state index is 0.0874. The van der Waals surface area contributed by atoms with Crippen LogP contribution in [-0.2, 0) is 31.9 Å². The Labute approximate surface area is 185 Å². The summed E-state index contributed by atoms with van der Waals surface area (Å²) in [6.07, 6.45) is 4.42. The fraction of sp³-hybridized carbons (Fsp3) is 0.348. The minimum Gasteiger partial charge on any atom is -0.508 e. The number of esters is 2. The van der Waals surface area contributed by atoms with Crippen molar-refractivity contribution in [3.8, 4) is 11.5 Å². The second kappa shape index (κ2) is 11.5. The van der Waals surface area contributed by atoms with Crippen LogP contribution in [0.5, 0.6) is 11.5 Å². The summed E-state index contributed by atoms with van der Waals surface area (Å²) in [5.41, 5.74) is 7.42. The van der Waals surface area contributed by atoms with Gasteiger partial charge in [-0.25, -0.2) is 0 Å². The van der Waals surface area contributed by atoms with E-state index in [-0.39, 0.29) is 29.1 Å². The van der Waals surface area contributed by atoms with E-state index in [0.717, 1.165) is 5.56 Å². The minimum atomic E-state index is -0.777. The van der Waals surface area contributed by atoms with E-state index in [1.807, 2.05) is 24.6 Å². The lowest BCUT2D eigenvalue weighted by Gasteiger charge is -2.23. The zero-order valence-corrected chi connectivity index (χ0v) is 19.0. The number of nitrogens with two attached hydrogens (primary N) is 1. The molecule has 8 heteroatoms. The molecule has 2 rings (SSSR count). The number of phenols is 1. The standard InChI is InChI=1S/C23H29NO6S/c1-28-21(26)19(13-15-8-10-18(11-9-15)30-23(24)31(3)4)20(22(27)29-2)14-16-6-5-7-17(25)12-16/h5-12,19-20,25H,13-14,24H2,1-4H3. The first-order chi connectivity index (χ1) is 14.7. The van der Waals surface area contributed by atoms with Crippen LogP contribution in [0.15, 0.2) is 48.5 Å². The number of methoxy groups -OCH3 is 2. The topological polar surface area (TPSA) is 108 Å². The smallest absolute Gasteiger partial charge is 0.309 e. The van der Waals surface area contributed by atoms with E-state index in [1.165, 1.54) is 14.2 Å². The van der Waals surface area contributed by atoms with E-state index < -0.39 is 23.8 Å². The van der Waals surface area contributed by atoms with E-state index >= 15 is 0 Å². The van der Waals surface area contributed by atoms with Crippen molar-refractivity contribution in [3.63, 3.8) is 0 Å². The van der Waals surface area contributed by atoms with E-state index in [4.69, 9.17) is 19.9 Å². The van der Waals surface area contributed by atoms with E-state index in [1.54, 1.807) is 36.4 Å². The van der Waals surface area contributed by atoms with Crippen molar-refractivity contribution in [1.82, 2.24) is 0 Å². The number of carbonyl (C=O) groups is 2. The second-order valence-electron chi connectivity index (χ2n) is 7.22. The number of rotatable bonds is 8. The molecule has 2 atom stereocenters. The third-order valence-corrected chi connectivity index (χ3v) is 5.75. The van der Waals surface area contributed by atoms with Gasteiger partial charge in [-0.05, 0) is 60.7 Å². The number of ether oxygens (including phenoxy) is 3. The Balaban J connectivity index is 2.28. The lowest BCUT2D eigenvalue weighted by Crippen LogP contribution is -2.34. The Hall–Kier alpha value is -2.84. The van der Waals surface area contributed by atoms with Crippen LogP contribution < -0.4 is 10.5 Å². The molecule has 0 saturated carbocycles. The first kappa shape index (κ1) is 24.4. The zero-order chi connectivity index (χ0) is 23.0. The summed E-state index contributed by atoms with van der Waals surface area (Å²) in [4.78, 5) is 25.2. The molecule has 0 amide bonds. The summed E-state index contributed by atoms with van der Waals surface area (Å²) in [5.74, 6) is -1.87. The van der Waals surface area contributed by atoms with Gasteiger partial charge in [0.05, 0.1) is 26.1 Å². The van der Waals surface area contributed by atoms with Gasteiger partial charge in [0.1, 0.15) is 11.5 Å². The number of hydrogen-bond acceptors (Lipinski definition) is 6. The van der Waals surface area contributed by atoms with Gasteiger partial charge >= 0.3 is 11.9 Å². The molecule has 0 aromatic heterocycles. The Morgan fingerprint density at radius 3 is 1.97 bits per heavy atom. The molecule has 31 heavy (non-hydrogen) atoms. The van der Waals surface area contributed by atoms with Crippen molar-refractivity contribution in [2.75, 3.05) is 26.7 Å². The van der Waals surface area contributed by atoms with Crippen LogP contribution >= 0.6 is 10.5 Å². The van der Waals surface area contributed by atoms with Crippen LogP contribution in [-0.4, -0.2) is 49.0 Å². The molecule has 0 fully saturated rings. The van der Waals surface area contributed by atoms with Crippen LogP contribution in [0.1, 0.15) is 11.1 Å². The van der Waals surface area contributed by atoms with Gasteiger partial charge in [-0.2, -0.15) is 0 Å². The van der Waals surface area contributed by atoms with E-state index in [9.17, 15) is 14.7 Å². The molecule has 0 heterocycles. The molecule has 0 spiro atoms. The molecule has 0 aliphatic carbocycles. The van der Waals surface area contributed by atoms with Gasteiger partial charge in [0.2, 0.25) is 0 Å². The van der Waals surface area contributed by atoms with Gasteiger partial charge < -0.3 is 19.3 Å². The van der Waals surface area contributed by atoms with Crippen LogP contribution in [0, 0.1) is 11.8 Å². The molecule has 2 aromatic carbocycles. The average Bonchev–Trinajstić information content (AvgIpc) is 2.76. The fourth-order valence-corrected chi connectivity index (χ4v) is 3.43. The monoisotopic (exact) mass is 447 g/mol. The summed E-state index contributed by atoms with van der Waals surface area (Å²) < 4.78 is 15.6. The average molecular weight is 448 g/mol. The Kier molecular flexibility index (Phi) is 9.08. The van der Waals surface area contributed by atoms with Gasteiger partial charge in [-0.3, -0.25) is 15.3 Å². The Morgan fingerprint density at radius 1 is 0.935 bits per heavy atom. The molecule has 7 nitrogen and oxygen atoms in total. The molecular formula is C23H29NO6S. The highest BCUT2D eigenvalue weighted by atomic mass is 32.2. The van der Waals surface area contributed by atoms with E-state index in [2.05, 4.69) is 0 Å². The largest absolute Gasteiger partial charge is 0.508 e. The fourth-order valence-electron chi connectivity index (χ4n) is 3.17. The maximum Gasteiger partial charge on any atom is 0.309 e. The summed E-state index contributed by atoms with van der Waals surface area (Å²) >= 11 is 0. The number of phenolic OH excluding ortho intramolecular Hbond substituents is 1. The lowest BCUT2D eigenvalue weighted by atomic mass is 9.82. The summed E-state index contributed by atoms with van der Waals surface area (Å²) in [6.45, 7) is 0. The highest BCUT2D eigenvalue weighted by Crippen LogP contribution is 2.27. The third-order valence-electron chi connectivity index (χ3n) is 4.86. The summed E-state index contributed by atoms with van der Waals surface area (Å²) in [5, 5.41) is 10.2. The maximum absolute atomic E-state index is 12.6. The third kappa shape index (κ3) is 7.11. The van der Waals surface area contributed by atoms with Crippen molar-refractivity contribution in [3.05, 3.63) is 59.7 Å². The number of aromatic hydroxyl groups is 1. The van der Waals surface area contributed by atoms with Crippen LogP contribution in [0.2, 0.25) is 0 Å². The van der Waals surface area contributed by atoms with Gasteiger partial charge in [-0.15, -0.1) is 10.5 Å². The predicted octanol–water partition coefficient (Wildman–Crippen LogP) is 2.71. The van der Waals surface area contributed by atoms with Crippen molar-refractivity contribution in [2.45, 2.75) is 12.8 Å². The number of hydrogen-bond donors (Lipinski definition) is 2. The molecular weight excluding hydrogens is 418 g/mol. The molecule has 0 saturated heterocycles. The van der Waals surface area contributed by atoms with Crippen LogP contribution in [0.25, 0.3) is 0 Å². The predicted molar refractivity (Wildman–Crippen MR) is 122 cm³/mol. The van der Waals surface area contributed by atoms with Gasteiger partial charge in [0.15, 0.2) is 5.17 Å². The van der Waals surface area contributed by atoms with Crippen molar-refractivity contribution >= 4 is 27.6 Å². The first-order valence-electron chi connectivity index (χ1n) is 9.65. The first-order valence-corrected chi connectivity index (χ1v) is 11.7. The quantitative estimate of drug-likeness (QED) is 0.473. The molecule has 0 bridgehead atoms. The van der Waals surface area contributed by atoms with Gasteiger partial charge in [0, 0.05) is 0 Å². The van der Waals surface area contributed by atoms with Crippen molar-refractivity contribution < 1.29 is 28.9 Å². The highest BCUT2D eigenvalue weighted by Gasteiger charge is 2.35. The highest BCUT2D eigenvalue weighted by molar-refractivity contribution is 8.14. The molecule has 3 N–H and O–H groups in total. The number of carbonyl (C=O) groups excluding carboxylic acids is 2. The van der Waals surface area contributed by atoms with Crippen molar-refractivity contribution in [2.24, 2.45) is 17.6 Å². The molecule has 0 aliphatic heterocycles. The molecule has 0 aliphatic rings. The van der Waals surface area contributed by atoms with Gasteiger partial charge in [-0.1, -0.05) is 24.3 Å². The number of benzene rings is 2. The Bertz CT molecular complexity index is 937. The molecule has 0 radical (unpaired) electrons. The Morgan fingerprint density at radius 2 is 1.48 bits per heavy atom. The molecule has 2 unspecified atom stereocenters. The second-order valence-corrected chi connectivity index (χ2v) is 9.25. The normalized spacial score (nSPS) is 12.7. The molecule has 2 aromatic rings.